The molecule has 1 saturated heterocycles. The van der Waals surface area contributed by atoms with Crippen LogP contribution in [0.5, 0.6) is 11.5 Å². The largest absolute Gasteiger partial charge is 0.507 e. The van der Waals surface area contributed by atoms with E-state index in [1.54, 1.807) is 36.3 Å². The van der Waals surface area contributed by atoms with Gasteiger partial charge in [-0.1, -0.05) is 49.7 Å². The summed E-state index contributed by atoms with van der Waals surface area (Å²) >= 11 is 0. The number of aliphatic hydroxyl groups is 1. The van der Waals surface area contributed by atoms with E-state index in [0.717, 1.165) is 18.7 Å². The first-order valence-electron chi connectivity index (χ1n) is 11.7. The lowest BCUT2D eigenvalue weighted by Gasteiger charge is -2.28. The van der Waals surface area contributed by atoms with Crippen LogP contribution in [-0.4, -0.2) is 66.5 Å². The first-order chi connectivity index (χ1) is 16.4. The molecule has 0 unspecified atom stereocenters. The number of aryl methyl sites for hydroxylation is 1. The van der Waals surface area contributed by atoms with Crippen molar-refractivity contribution in [2.24, 2.45) is 0 Å². The molecule has 3 rings (SSSR count). The summed E-state index contributed by atoms with van der Waals surface area (Å²) in [5, 5.41) is 11.2. The highest BCUT2D eigenvalue weighted by Crippen LogP contribution is 2.41. The molecule has 182 valence electrons. The van der Waals surface area contributed by atoms with Crippen molar-refractivity contribution < 1.29 is 24.2 Å². The van der Waals surface area contributed by atoms with Crippen molar-refractivity contribution >= 4 is 17.4 Å². The number of Topliss-reactive ketones (excluding diaryl/α,β-unsaturated/α-hetero) is 1. The Kier molecular flexibility index (Phi) is 8.34. The van der Waals surface area contributed by atoms with Gasteiger partial charge in [0.05, 0.1) is 25.3 Å². The van der Waals surface area contributed by atoms with E-state index in [-0.39, 0.29) is 11.3 Å². The van der Waals surface area contributed by atoms with Crippen LogP contribution in [0.15, 0.2) is 48.0 Å². The standard InChI is InChI=1S/C27H34N2O5/c1-6-28(7-2)15-16-29-24(20-13-14-21(34-8-3)22(17-20)33-5)23(26(31)27(29)32)25(30)19-11-9-18(4)10-12-19/h9-14,17,24,30H,6-8,15-16H2,1-5H3/t24-/m0/s1. The van der Waals surface area contributed by atoms with Crippen molar-refractivity contribution in [2.45, 2.75) is 33.7 Å². The molecule has 0 aromatic heterocycles. The number of likely N-dealkylation sites (tertiary alicyclic amines) is 1. The Balaban J connectivity index is 2.14. The van der Waals surface area contributed by atoms with Gasteiger partial charge in [0, 0.05) is 18.7 Å². The minimum Gasteiger partial charge on any atom is -0.507 e. The minimum atomic E-state index is -0.735. The number of rotatable bonds is 10. The Morgan fingerprint density at radius 3 is 2.29 bits per heavy atom. The van der Waals surface area contributed by atoms with E-state index in [4.69, 9.17) is 9.47 Å². The first kappa shape index (κ1) is 25.3. The summed E-state index contributed by atoms with van der Waals surface area (Å²) in [7, 11) is 1.55. The summed E-state index contributed by atoms with van der Waals surface area (Å²) in [6, 6.07) is 11.9. The molecule has 7 nitrogen and oxygen atoms in total. The maximum atomic E-state index is 13.2. The second kappa shape index (κ2) is 11.2. The molecule has 2 aromatic carbocycles. The van der Waals surface area contributed by atoms with E-state index in [1.165, 1.54) is 0 Å². The lowest BCUT2D eigenvalue weighted by molar-refractivity contribution is -0.140. The molecule has 1 heterocycles. The number of amides is 1. The number of ketones is 1. The zero-order valence-corrected chi connectivity index (χ0v) is 20.6. The van der Waals surface area contributed by atoms with Gasteiger partial charge in [0.25, 0.3) is 11.7 Å². The maximum absolute atomic E-state index is 13.2. The Labute approximate surface area is 201 Å². The summed E-state index contributed by atoms with van der Waals surface area (Å²) in [5.74, 6) is -0.396. The van der Waals surface area contributed by atoms with Gasteiger partial charge < -0.3 is 24.4 Å². The van der Waals surface area contributed by atoms with E-state index in [1.807, 2.05) is 32.0 Å². The number of hydrogen-bond donors (Lipinski definition) is 1. The molecule has 0 spiro atoms. The normalized spacial score (nSPS) is 17.5. The molecule has 0 aliphatic carbocycles. The van der Waals surface area contributed by atoms with Gasteiger partial charge >= 0.3 is 0 Å². The molecule has 1 amide bonds. The van der Waals surface area contributed by atoms with Crippen LogP contribution in [0.1, 0.15) is 43.5 Å². The first-order valence-corrected chi connectivity index (χ1v) is 11.7. The van der Waals surface area contributed by atoms with Gasteiger partial charge in [-0.15, -0.1) is 0 Å². The molecule has 1 aliphatic heterocycles. The highest BCUT2D eigenvalue weighted by Gasteiger charge is 2.46. The van der Waals surface area contributed by atoms with Gasteiger partial charge in [-0.05, 0) is 44.6 Å². The summed E-state index contributed by atoms with van der Waals surface area (Å²) in [5.41, 5.74) is 2.28. The fraction of sp³-hybridized carbons (Fsp3) is 0.407. The zero-order valence-electron chi connectivity index (χ0n) is 20.6. The third-order valence-corrected chi connectivity index (χ3v) is 6.22. The summed E-state index contributed by atoms with van der Waals surface area (Å²) in [6.07, 6.45) is 0. The number of benzene rings is 2. The Bertz CT molecular complexity index is 1060. The van der Waals surface area contributed by atoms with Crippen molar-refractivity contribution in [3.05, 3.63) is 64.7 Å². The van der Waals surface area contributed by atoms with E-state index in [2.05, 4.69) is 18.7 Å². The molecule has 2 aromatic rings. The molecule has 0 radical (unpaired) electrons. The van der Waals surface area contributed by atoms with Crippen LogP contribution in [-0.2, 0) is 9.59 Å². The Morgan fingerprint density at radius 2 is 1.71 bits per heavy atom. The highest BCUT2D eigenvalue weighted by molar-refractivity contribution is 6.46. The molecular weight excluding hydrogens is 432 g/mol. The Morgan fingerprint density at radius 1 is 1.03 bits per heavy atom. The van der Waals surface area contributed by atoms with Crippen molar-refractivity contribution in [2.75, 3.05) is 39.9 Å². The van der Waals surface area contributed by atoms with E-state index >= 15 is 0 Å². The van der Waals surface area contributed by atoms with Gasteiger partial charge in [0.2, 0.25) is 0 Å². The average Bonchev–Trinajstić information content (AvgIpc) is 3.10. The summed E-state index contributed by atoms with van der Waals surface area (Å²) in [6.45, 7) is 11.1. The monoisotopic (exact) mass is 466 g/mol. The predicted molar refractivity (Wildman–Crippen MR) is 132 cm³/mol. The number of methoxy groups -OCH3 is 1. The molecule has 1 atom stereocenters. The van der Waals surface area contributed by atoms with Gasteiger partial charge in [0.1, 0.15) is 5.76 Å². The molecule has 0 bridgehead atoms. The number of nitrogens with zero attached hydrogens (tertiary/aromatic N) is 2. The van der Waals surface area contributed by atoms with Gasteiger partial charge in [-0.3, -0.25) is 9.59 Å². The Hall–Kier alpha value is -3.32. The van der Waals surface area contributed by atoms with Gasteiger partial charge in [-0.25, -0.2) is 0 Å². The van der Waals surface area contributed by atoms with Crippen LogP contribution in [0.25, 0.3) is 5.76 Å². The molecule has 1 aliphatic rings. The van der Waals surface area contributed by atoms with Crippen LogP contribution in [0.3, 0.4) is 0 Å². The van der Waals surface area contributed by atoms with E-state index < -0.39 is 17.7 Å². The topological polar surface area (TPSA) is 79.3 Å². The highest BCUT2D eigenvalue weighted by atomic mass is 16.5. The third-order valence-electron chi connectivity index (χ3n) is 6.22. The zero-order chi connectivity index (χ0) is 24.8. The van der Waals surface area contributed by atoms with Crippen LogP contribution in [0.4, 0.5) is 0 Å². The number of carbonyl (C=O) groups excluding carboxylic acids is 2. The van der Waals surface area contributed by atoms with Gasteiger partial charge in [0.15, 0.2) is 11.5 Å². The number of likely N-dealkylation sites (N-methyl/N-ethyl adjacent to an activating group) is 1. The molecule has 0 saturated carbocycles. The summed E-state index contributed by atoms with van der Waals surface area (Å²) in [4.78, 5) is 30.1. The molecule has 7 heteroatoms. The smallest absolute Gasteiger partial charge is 0.295 e. The van der Waals surface area contributed by atoms with Crippen molar-refractivity contribution in [3.63, 3.8) is 0 Å². The fourth-order valence-electron chi connectivity index (χ4n) is 4.24. The second-order valence-corrected chi connectivity index (χ2v) is 8.23. The number of carbonyl (C=O) groups is 2. The number of ether oxygens (including phenoxy) is 2. The van der Waals surface area contributed by atoms with Crippen LogP contribution in [0.2, 0.25) is 0 Å². The number of aliphatic hydroxyl groups excluding tert-OH is 1. The third kappa shape index (κ3) is 5.09. The van der Waals surface area contributed by atoms with E-state index in [0.29, 0.717) is 42.3 Å². The van der Waals surface area contributed by atoms with Crippen molar-refractivity contribution in [1.82, 2.24) is 9.80 Å². The second-order valence-electron chi connectivity index (χ2n) is 8.23. The SMILES string of the molecule is CCOc1ccc([C@H]2C(=C(O)c3ccc(C)cc3)C(=O)C(=O)N2CCN(CC)CC)cc1OC. The van der Waals surface area contributed by atoms with Crippen molar-refractivity contribution in [3.8, 4) is 11.5 Å². The van der Waals surface area contributed by atoms with E-state index in [9.17, 15) is 14.7 Å². The molecule has 34 heavy (non-hydrogen) atoms. The quantitative estimate of drug-likeness (QED) is 0.322. The maximum Gasteiger partial charge on any atom is 0.295 e. The predicted octanol–water partition coefficient (Wildman–Crippen LogP) is 4.17. The number of hydrogen-bond acceptors (Lipinski definition) is 6. The average molecular weight is 467 g/mol. The minimum absolute atomic E-state index is 0.0830. The molecule has 1 fully saturated rings. The van der Waals surface area contributed by atoms with Crippen molar-refractivity contribution in [1.29, 1.82) is 0 Å². The fourth-order valence-corrected chi connectivity index (χ4v) is 4.24. The summed E-state index contributed by atoms with van der Waals surface area (Å²) < 4.78 is 11.2. The van der Waals surface area contributed by atoms with Crippen LogP contribution < -0.4 is 9.47 Å². The van der Waals surface area contributed by atoms with Crippen LogP contribution >= 0.6 is 0 Å². The molecular formula is C27H34N2O5. The lowest BCUT2D eigenvalue weighted by Crippen LogP contribution is -2.38. The van der Waals surface area contributed by atoms with Crippen LogP contribution in [0, 0.1) is 6.92 Å². The van der Waals surface area contributed by atoms with Gasteiger partial charge in [-0.2, -0.15) is 0 Å². The molecule has 1 N–H and O–H groups in total. The lowest BCUT2D eigenvalue weighted by atomic mass is 9.94.